The Hall–Kier alpha value is -1.73. The summed E-state index contributed by atoms with van der Waals surface area (Å²) in [5.74, 6) is 1.30. The van der Waals surface area contributed by atoms with Gasteiger partial charge in [-0.3, -0.25) is 4.90 Å². The molecule has 0 aromatic heterocycles. The molecule has 0 aliphatic heterocycles. The van der Waals surface area contributed by atoms with Crippen molar-refractivity contribution in [2.45, 2.75) is 25.8 Å². The van der Waals surface area contributed by atoms with E-state index in [0.29, 0.717) is 11.5 Å². The standard InChI is InChI=1S/C15H22N2O2/c1-5-6-10-17(2)13(11-16)12-8-7-9-14(18-3)15(12)19-4/h7-9,13H,5-6,10H2,1-4H3. The van der Waals surface area contributed by atoms with E-state index < -0.39 is 0 Å². The maximum Gasteiger partial charge on any atom is 0.166 e. The summed E-state index contributed by atoms with van der Waals surface area (Å²) in [4.78, 5) is 2.04. The molecule has 1 unspecified atom stereocenters. The second-order valence-electron chi connectivity index (χ2n) is 4.45. The van der Waals surface area contributed by atoms with Gasteiger partial charge in [-0.25, -0.2) is 0 Å². The predicted molar refractivity (Wildman–Crippen MR) is 75.4 cm³/mol. The Labute approximate surface area is 115 Å². The third-order valence-electron chi connectivity index (χ3n) is 3.16. The smallest absolute Gasteiger partial charge is 0.166 e. The van der Waals surface area contributed by atoms with Crippen LogP contribution in [0.25, 0.3) is 0 Å². The van der Waals surface area contributed by atoms with Gasteiger partial charge in [0.05, 0.1) is 20.3 Å². The van der Waals surface area contributed by atoms with E-state index in [2.05, 4.69) is 13.0 Å². The Morgan fingerprint density at radius 1 is 1.32 bits per heavy atom. The average Bonchev–Trinajstić information content (AvgIpc) is 2.45. The van der Waals surface area contributed by atoms with Gasteiger partial charge in [0.25, 0.3) is 0 Å². The molecule has 4 heteroatoms. The maximum atomic E-state index is 9.44. The Bertz CT molecular complexity index is 440. The molecule has 104 valence electrons. The number of benzene rings is 1. The summed E-state index contributed by atoms with van der Waals surface area (Å²) in [6, 6.07) is 7.65. The van der Waals surface area contributed by atoms with Gasteiger partial charge in [0.2, 0.25) is 0 Å². The van der Waals surface area contributed by atoms with Crippen LogP contribution in [0.3, 0.4) is 0 Å². The minimum Gasteiger partial charge on any atom is -0.493 e. The molecule has 0 N–H and O–H groups in total. The van der Waals surface area contributed by atoms with E-state index in [1.165, 1.54) is 0 Å². The van der Waals surface area contributed by atoms with Crippen molar-refractivity contribution in [3.63, 3.8) is 0 Å². The summed E-state index contributed by atoms with van der Waals surface area (Å²) in [5, 5.41) is 9.44. The number of para-hydroxylation sites is 1. The van der Waals surface area contributed by atoms with Crippen molar-refractivity contribution in [2.75, 3.05) is 27.8 Å². The lowest BCUT2D eigenvalue weighted by molar-refractivity contribution is 0.276. The SMILES string of the molecule is CCCCN(C)C(C#N)c1cccc(OC)c1OC. The number of nitrogens with zero attached hydrogens (tertiary/aromatic N) is 2. The molecular weight excluding hydrogens is 240 g/mol. The largest absolute Gasteiger partial charge is 0.493 e. The van der Waals surface area contributed by atoms with Crippen LogP contribution in [0.1, 0.15) is 31.4 Å². The van der Waals surface area contributed by atoms with Crippen LogP contribution in [-0.4, -0.2) is 32.7 Å². The lowest BCUT2D eigenvalue weighted by Crippen LogP contribution is -2.25. The summed E-state index contributed by atoms with van der Waals surface area (Å²) in [6.45, 7) is 3.02. The van der Waals surface area contributed by atoms with Crippen molar-refractivity contribution in [1.29, 1.82) is 5.26 Å². The number of hydrogen-bond donors (Lipinski definition) is 0. The summed E-state index contributed by atoms with van der Waals surface area (Å²) in [6.07, 6.45) is 2.18. The highest BCUT2D eigenvalue weighted by Crippen LogP contribution is 2.36. The second kappa shape index (κ2) is 7.65. The Balaban J connectivity index is 3.08. The topological polar surface area (TPSA) is 45.5 Å². The van der Waals surface area contributed by atoms with E-state index in [4.69, 9.17) is 9.47 Å². The Kier molecular flexibility index (Phi) is 6.17. The molecule has 0 amide bonds. The van der Waals surface area contributed by atoms with Crippen LogP contribution in [0.2, 0.25) is 0 Å². The van der Waals surface area contributed by atoms with Gasteiger partial charge in [-0.15, -0.1) is 0 Å². The number of ether oxygens (including phenoxy) is 2. The number of nitriles is 1. The Morgan fingerprint density at radius 2 is 2.05 bits per heavy atom. The fraction of sp³-hybridized carbons (Fsp3) is 0.533. The van der Waals surface area contributed by atoms with Crippen molar-refractivity contribution in [3.05, 3.63) is 23.8 Å². The van der Waals surface area contributed by atoms with E-state index in [9.17, 15) is 5.26 Å². The zero-order valence-electron chi connectivity index (χ0n) is 12.1. The highest BCUT2D eigenvalue weighted by molar-refractivity contribution is 5.49. The van der Waals surface area contributed by atoms with E-state index in [-0.39, 0.29) is 6.04 Å². The zero-order chi connectivity index (χ0) is 14.3. The molecule has 4 nitrogen and oxygen atoms in total. The summed E-state index contributed by atoms with van der Waals surface area (Å²) < 4.78 is 10.7. The molecule has 19 heavy (non-hydrogen) atoms. The molecule has 0 fully saturated rings. The molecule has 0 spiro atoms. The number of unbranched alkanes of at least 4 members (excludes halogenated alkanes) is 1. The molecule has 1 aromatic carbocycles. The molecular formula is C15H22N2O2. The molecule has 1 atom stereocenters. The first-order valence-corrected chi connectivity index (χ1v) is 6.50. The van der Waals surface area contributed by atoms with Crippen LogP contribution in [0.4, 0.5) is 0 Å². The highest BCUT2D eigenvalue weighted by atomic mass is 16.5. The third-order valence-corrected chi connectivity index (χ3v) is 3.16. The molecule has 0 saturated carbocycles. The third kappa shape index (κ3) is 3.62. The fourth-order valence-corrected chi connectivity index (χ4v) is 2.07. The lowest BCUT2D eigenvalue weighted by atomic mass is 10.0. The van der Waals surface area contributed by atoms with Crippen molar-refractivity contribution in [1.82, 2.24) is 4.90 Å². The summed E-state index contributed by atoms with van der Waals surface area (Å²) in [5.41, 5.74) is 0.850. The highest BCUT2D eigenvalue weighted by Gasteiger charge is 2.22. The van der Waals surface area contributed by atoms with Crippen LogP contribution in [0, 0.1) is 11.3 Å². The molecule has 0 bridgehead atoms. The molecule has 1 aromatic rings. The lowest BCUT2D eigenvalue weighted by Gasteiger charge is -2.24. The van der Waals surface area contributed by atoms with E-state index in [1.807, 2.05) is 30.1 Å². The Morgan fingerprint density at radius 3 is 2.58 bits per heavy atom. The predicted octanol–water partition coefficient (Wildman–Crippen LogP) is 3.00. The second-order valence-corrected chi connectivity index (χ2v) is 4.45. The fourth-order valence-electron chi connectivity index (χ4n) is 2.07. The van der Waals surface area contributed by atoms with Gasteiger partial charge >= 0.3 is 0 Å². The van der Waals surface area contributed by atoms with Crippen LogP contribution >= 0.6 is 0 Å². The van der Waals surface area contributed by atoms with Gasteiger partial charge in [-0.1, -0.05) is 25.5 Å². The van der Waals surface area contributed by atoms with E-state index >= 15 is 0 Å². The summed E-state index contributed by atoms with van der Waals surface area (Å²) in [7, 11) is 5.16. The first-order valence-electron chi connectivity index (χ1n) is 6.50. The van der Waals surface area contributed by atoms with Crippen LogP contribution in [0.5, 0.6) is 11.5 Å². The first kappa shape index (κ1) is 15.3. The summed E-state index contributed by atoms with van der Waals surface area (Å²) >= 11 is 0. The van der Waals surface area contributed by atoms with Crippen LogP contribution in [0.15, 0.2) is 18.2 Å². The van der Waals surface area contributed by atoms with Gasteiger partial charge < -0.3 is 9.47 Å². The van der Waals surface area contributed by atoms with Crippen molar-refractivity contribution >= 4 is 0 Å². The number of hydrogen-bond acceptors (Lipinski definition) is 4. The minimum atomic E-state index is -0.323. The monoisotopic (exact) mass is 262 g/mol. The van der Waals surface area contributed by atoms with Gasteiger partial charge in [-0.05, 0) is 26.1 Å². The maximum absolute atomic E-state index is 9.44. The molecule has 0 aliphatic carbocycles. The van der Waals surface area contributed by atoms with E-state index in [0.717, 1.165) is 24.9 Å². The molecule has 0 saturated heterocycles. The van der Waals surface area contributed by atoms with Crippen LogP contribution in [-0.2, 0) is 0 Å². The number of rotatable bonds is 7. The zero-order valence-corrected chi connectivity index (χ0v) is 12.1. The van der Waals surface area contributed by atoms with Gasteiger partial charge in [0.1, 0.15) is 6.04 Å². The van der Waals surface area contributed by atoms with Gasteiger partial charge in [0, 0.05) is 5.56 Å². The van der Waals surface area contributed by atoms with Crippen molar-refractivity contribution < 1.29 is 9.47 Å². The minimum absolute atomic E-state index is 0.323. The molecule has 0 aliphatic rings. The molecule has 1 rings (SSSR count). The normalized spacial score (nSPS) is 12.0. The molecule has 0 heterocycles. The van der Waals surface area contributed by atoms with Crippen LogP contribution < -0.4 is 9.47 Å². The number of methoxy groups -OCH3 is 2. The van der Waals surface area contributed by atoms with E-state index in [1.54, 1.807) is 14.2 Å². The first-order chi connectivity index (χ1) is 9.19. The van der Waals surface area contributed by atoms with Gasteiger partial charge in [0.15, 0.2) is 11.5 Å². The van der Waals surface area contributed by atoms with Gasteiger partial charge in [-0.2, -0.15) is 5.26 Å². The molecule has 0 radical (unpaired) electrons. The van der Waals surface area contributed by atoms with Crippen molar-refractivity contribution in [3.8, 4) is 17.6 Å². The quantitative estimate of drug-likeness (QED) is 0.757. The van der Waals surface area contributed by atoms with Crippen molar-refractivity contribution in [2.24, 2.45) is 0 Å². The average molecular weight is 262 g/mol.